The number of hydrogen-bond donors (Lipinski definition) is 2. The lowest BCUT2D eigenvalue weighted by atomic mass is 10.1. The van der Waals surface area contributed by atoms with E-state index in [0.29, 0.717) is 25.2 Å². The summed E-state index contributed by atoms with van der Waals surface area (Å²) in [6, 6.07) is 11.5. The van der Waals surface area contributed by atoms with Crippen LogP contribution in [-0.4, -0.2) is 55.5 Å². The van der Waals surface area contributed by atoms with Gasteiger partial charge in [-0.3, -0.25) is 4.90 Å². The second kappa shape index (κ2) is 7.74. The number of nitrogens with one attached hydrogen (secondary N) is 1. The number of methoxy groups -OCH3 is 1. The Morgan fingerprint density at radius 2 is 2.15 bits per heavy atom. The minimum atomic E-state index is -0.416. The second-order valence-corrected chi connectivity index (χ2v) is 5.58. The molecule has 0 saturated carbocycles. The molecule has 1 heterocycles. The zero-order chi connectivity index (χ0) is 14.4. The molecule has 2 rings (SSSR count). The average Bonchev–Trinajstić information content (AvgIpc) is 2.94. The van der Waals surface area contributed by atoms with Crippen LogP contribution >= 0.6 is 0 Å². The van der Waals surface area contributed by atoms with E-state index >= 15 is 0 Å². The SMILES string of the molecule is COC[C@H](O)CN[C@@H]1CCN([C@@H](C)c2ccccc2)C1. The molecule has 0 aromatic heterocycles. The first-order valence-corrected chi connectivity index (χ1v) is 7.40. The van der Waals surface area contributed by atoms with E-state index in [0.717, 1.165) is 19.5 Å². The van der Waals surface area contributed by atoms with Crippen molar-refractivity contribution in [1.29, 1.82) is 0 Å². The topological polar surface area (TPSA) is 44.7 Å². The van der Waals surface area contributed by atoms with Gasteiger partial charge in [0, 0.05) is 38.8 Å². The molecule has 112 valence electrons. The number of ether oxygens (including phenoxy) is 1. The van der Waals surface area contributed by atoms with Crippen LogP contribution in [0.15, 0.2) is 30.3 Å². The fraction of sp³-hybridized carbons (Fsp3) is 0.625. The molecule has 3 atom stereocenters. The average molecular weight is 278 g/mol. The van der Waals surface area contributed by atoms with Crippen molar-refractivity contribution in [2.24, 2.45) is 0 Å². The third-order valence-electron chi connectivity index (χ3n) is 4.05. The monoisotopic (exact) mass is 278 g/mol. The molecule has 4 nitrogen and oxygen atoms in total. The molecule has 0 unspecified atom stereocenters. The first-order chi connectivity index (χ1) is 9.70. The van der Waals surface area contributed by atoms with Crippen LogP contribution in [0.2, 0.25) is 0 Å². The van der Waals surface area contributed by atoms with Gasteiger partial charge in [-0.25, -0.2) is 0 Å². The minimum Gasteiger partial charge on any atom is -0.389 e. The number of aliphatic hydroxyl groups is 1. The van der Waals surface area contributed by atoms with Crippen molar-refractivity contribution < 1.29 is 9.84 Å². The van der Waals surface area contributed by atoms with Gasteiger partial charge in [0.2, 0.25) is 0 Å². The summed E-state index contributed by atoms with van der Waals surface area (Å²) in [7, 11) is 1.61. The molecule has 1 aliphatic rings. The molecule has 0 radical (unpaired) electrons. The molecular formula is C16H26N2O2. The van der Waals surface area contributed by atoms with Gasteiger partial charge in [-0.2, -0.15) is 0 Å². The maximum Gasteiger partial charge on any atom is 0.0897 e. The fourth-order valence-electron chi connectivity index (χ4n) is 2.80. The minimum absolute atomic E-state index is 0.393. The summed E-state index contributed by atoms with van der Waals surface area (Å²) in [5, 5.41) is 13.1. The number of rotatable bonds is 7. The maximum absolute atomic E-state index is 9.66. The van der Waals surface area contributed by atoms with Crippen LogP contribution in [0, 0.1) is 0 Å². The van der Waals surface area contributed by atoms with Gasteiger partial charge in [-0.15, -0.1) is 0 Å². The van der Waals surface area contributed by atoms with Crippen molar-refractivity contribution in [2.75, 3.05) is 33.4 Å². The lowest BCUT2D eigenvalue weighted by Crippen LogP contribution is -2.39. The highest BCUT2D eigenvalue weighted by Crippen LogP contribution is 2.24. The van der Waals surface area contributed by atoms with Gasteiger partial charge < -0.3 is 15.2 Å². The maximum atomic E-state index is 9.66. The second-order valence-electron chi connectivity index (χ2n) is 5.58. The smallest absolute Gasteiger partial charge is 0.0897 e. The summed E-state index contributed by atoms with van der Waals surface area (Å²) in [5.74, 6) is 0. The van der Waals surface area contributed by atoms with Crippen LogP contribution in [0.25, 0.3) is 0 Å². The Labute approximate surface area is 121 Å². The molecule has 0 bridgehead atoms. The first-order valence-electron chi connectivity index (χ1n) is 7.40. The largest absolute Gasteiger partial charge is 0.389 e. The van der Waals surface area contributed by atoms with Crippen LogP contribution < -0.4 is 5.32 Å². The number of benzene rings is 1. The van der Waals surface area contributed by atoms with Crippen LogP contribution in [0.4, 0.5) is 0 Å². The molecule has 1 aliphatic heterocycles. The normalized spacial score (nSPS) is 22.9. The summed E-state index contributed by atoms with van der Waals surface area (Å²) < 4.78 is 4.94. The number of likely N-dealkylation sites (tertiary alicyclic amines) is 1. The first kappa shape index (κ1) is 15.4. The molecular weight excluding hydrogens is 252 g/mol. The summed E-state index contributed by atoms with van der Waals surface area (Å²) in [6.07, 6.45) is 0.720. The molecule has 1 saturated heterocycles. The standard InChI is InChI=1S/C16H26N2O2/c1-13(14-6-4-3-5-7-14)18-9-8-15(11-18)17-10-16(19)12-20-2/h3-7,13,15-17,19H,8-12H2,1-2H3/t13-,15+,16+/m0/s1. The van der Waals surface area contributed by atoms with Gasteiger partial charge in [0.25, 0.3) is 0 Å². The van der Waals surface area contributed by atoms with Crippen LogP contribution in [0.1, 0.15) is 24.9 Å². The Balaban J connectivity index is 1.77. The van der Waals surface area contributed by atoms with E-state index in [2.05, 4.69) is 47.5 Å². The highest BCUT2D eigenvalue weighted by atomic mass is 16.5. The number of nitrogens with zero attached hydrogens (tertiary/aromatic N) is 1. The third-order valence-corrected chi connectivity index (χ3v) is 4.05. The van der Waals surface area contributed by atoms with Crippen molar-refractivity contribution in [2.45, 2.75) is 31.5 Å². The molecule has 2 N–H and O–H groups in total. The van der Waals surface area contributed by atoms with E-state index in [9.17, 15) is 5.11 Å². The molecule has 20 heavy (non-hydrogen) atoms. The van der Waals surface area contributed by atoms with E-state index in [4.69, 9.17) is 4.74 Å². The predicted molar refractivity (Wildman–Crippen MR) is 80.7 cm³/mol. The Hall–Kier alpha value is -0.940. The van der Waals surface area contributed by atoms with Crippen LogP contribution in [0.5, 0.6) is 0 Å². The Morgan fingerprint density at radius 1 is 1.40 bits per heavy atom. The lowest BCUT2D eigenvalue weighted by molar-refractivity contribution is 0.0627. The highest BCUT2D eigenvalue weighted by Gasteiger charge is 2.26. The van der Waals surface area contributed by atoms with Gasteiger partial charge in [0.05, 0.1) is 12.7 Å². The van der Waals surface area contributed by atoms with Crippen LogP contribution in [-0.2, 0) is 4.74 Å². The van der Waals surface area contributed by atoms with Crippen molar-refractivity contribution in [3.05, 3.63) is 35.9 Å². The predicted octanol–water partition coefficient (Wildman–Crippen LogP) is 1.42. The zero-order valence-corrected chi connectivity index (χ0v) is 12.5. The quantitative estimate of drug-likeness (QED) is 0.792. The summed E-state index contributed by atoms with van der Waals surface area (Å²) in [5.41, 5.74) is 1.37. The van der Waals surface area contributed by atoms with Gasteiger partial charge in [0.1, 0.15) is 0 Å². The summed E-state index contributed by atoms with van der Waals surface area (Å²) >= 11 is 0. The fourth-order valence-corrected chi connectivity index (χ4v) is 2.80. The molecule has 0 amide bonds. The van der Waals surface area contributed by atoms with Crippen molar-refractivity contribution in [3.63, 3.8) is 0 Å². The summed E-state index contributed by atoms with van der Waals surface area (Å²) in [4.78, 5) is 2.50. The van der Waals surface area contributed by atoms with Gasteiger partial charge >= 0.3 is 0 Å². The molecule has 0 aliphatic carbocycles. The van der Waals surface area contributed by atoms with E-state index < -0.39 is 6.10 Å². The number of aliphatic hydroxyl groups excluding tert-OH is 1. The van der Waals surface area contributed by atoms with Crippen molar-refractivity contribution >= 4 is 0 Å². The van der Waals surface area contributed by atoms with Gasteiger partial charge in [-0.1, -0.05) is 30.3 Å². The Bertz CT molecular complexity index is 385. The molecule has 4 heteroatoms. The Kier molecular flexibility index (Phi) is 5.98. The Morgan fingerprint density at radius 3 is 2.85 bits per heavy atom. The molecule has 1 aromatic rings. The summed E-state index contributed by atoms with van der Waals surface area (Å²) in [6.45, 7) is 5.40. The van der Waals surface area contributed by atoms with E-state index in [1.165, 1.54) is 5.56 Å². The van der Waals surface area contributed by atoms with Crippen molar-refractivity contribution in [1.82, 2.24) is 10.2 Å². The van der Waals surface area contributed by atoms with Gasteiger partial charge in [0.15, 0.2) is 0 Å². The van der Waals surface area contributed by atoms with E-state index in [-0.39, 0.29) is 0 Å². The third kappa shape index (κ3) is 4.28. The molecule has 0 spiro atoms. The lowest BCUT2D eigenvalue weighted by Gasteiger charge is -2.25. The molecule has 1 aromatic carbocycles. The van der Waals surface area contributed by atoms with E-state index in [1.54, 1.807) is 7.11 Å². The van der Waals surface area contributed by atoms with Gasteiger partial charge in [-0.05, 0) is 18.9 Å². The van der Waals surface area contributed by atoms with Crippen molar-refractivity contribution in [3.8, 4) is 0 Å². The molecule has 1 fully saturated rings. The van der Waals surface area contributed by atoms with E-state index in [1.807, 2.05) is 0 Å². The van der Waals surface area contributed by atoms with Crippen LogP contribution in [0.3, 0.4) is 0 Å². The highest BCUT2D eigenvalue weighted by molar-refractivity contribution is 5.18. The number of hydrogen-bond acceptors (Lipinski definition) is 4. The zero-order valence-electron chi connectivity index (χ0n) is 12.5.